The number of benzene rings is 3. The minimum Gasteiger partial charge on any atom is -0.482 e. The number of nitrogens with one attached hydrogen (secondary N) is 1. The molecule has 6 heteroatoms. The number of nitrogens with zero attached hydrogens (tertiary/aromatic N) is 2. The van der Waals surface area contributed by atoms with Crippen LogP contribution in [0.1, 0.15) is 24.1 Å². The van der Waals surface area contributed by atoms with Gasteiger partial charge in [0.2, 0.25) is 0 Å². The van der Waals surface area contributed by atoms with E-state index < -0.39 is 0 Å². The molecule has 0 bridgehead atoms. The fourth-order valence-electron chi connectivity index (χ4n) is 3.92. The van der Waals surface area contributed by atoms with E-state index in [1.807, 2.05) is 36.4 Å². The van der Waals surface area contributed by atoms with E-state index in [-0.39, 0.29) is 18.6 Å². The van der Waals surface area contributed by atoms with Gasteiger partial charge in [0.05, 0.1) is 23.1 Å². The third-order valence-corrected chi connectivity index (χ3v) is 6.39. The number of thiazole rings is 1. The van der Waals surface area contributed by atoms with E-state index >= 15 is 0 Å². The monoisotopic (exact) mass is 441 g/mol. The van der Waals surface area contributed by atoms with Gasteiger partial charge in [-0.1, -0.05) is 42.5 Å². The van der Waals surface area contributed by atoms with Crippen molar-refractivity contribution >= 4 is 28.6 Å². The van der Waals surface area contributed by atoms with Crippen LogP contribution in [0.5, 0.6) is 5.75 Å². The van der Waals surface area contributed by atoms with Gasteiger partial charge in [0.15, 0.2) is 11.4 Å². The van der Waals surface area contributed by atoms with Crippen LogP contribution in [-0.4, -0.2) is 17.1 Å². The first-order valence-electron chi connectivity index (χ1n) is 10.5. The van der Waals surface area contributed by atoms with E-state index in [9.17, 15) is 4.79 Å². The number of anilines is 1. The molecule has 1 aromatic heterocycles. The number of amides is 1. The molecule has 1 atom stereocenters. The summed E-state index contributed by atoms with van der Waals surface area (Å²) in [6.45, 7) is 4.31. The first-order valence-corrected chi connectivity index (χ1v) is 11.4. The fourth-order valence-corrected chi connectivity index (χ4v) is 4.91. The number of aryl methyl sites for hydroxylation is 1. The van der Waals surface area contributed by atoms with Crippen LogP contribution in [0.3, 0.4) is 0 Å². The van der Waals surface area contributed by atoms with Gasteiger partial charge in [0.1, 0.15) is 5.75 Å². The second kappa shape index (κ2) is 8.48. The maximum atomic E-state index is 11.8. The Hall–Kier alpha value is -3.64. The number of hydrogen-bond donors (Lipinski definition) is 1. The number of carbonyl (C=O) groups excluding carboxylic acids is 1. The standard InChI is InChI=1S/C26H23N3O2S/c1-17-7-6-10-21(13-17)27-26-29(18(2)19-8-4-3-5-9-19)23(16-32-26)20-11-12-24-22(14-20)28-25(30)15-31-24/h3-14,16,18H,15H2,1-2H3,(H,28,30). The third kappa shape index (κ3) is 3.97. The van der Waals surface area contributed by atoms with Gasteiger partial charge in [0, 0.05) is 10.9 Å². The predicted octanol–water partition coefficient (Wildman–Crippen LogP) is 5.70. The zero-order chi connectivity index (χ0) is 22.1. The molecule has 0 saturated heterocycles. The molecule has 0 radical (unpaired) electrons. The molecule has 3 aromatic carbocycles. The largest absolute Gasteiger partial charge is 0.482 e. The number of ether oxygens (including phenoxy) is 1. The second-order valence-corrected chi connectivity index (χ2v) is 8.70. The molecule has 2 heterocycles. The summed E-state index contributed by atoms with van der Waals surface area (Å²) in [5.74, 6) is 0.552. The summed E-state index contributed by atoms with van der Waals surface area (Å²) in [6, 6.07) is 24.6. The number of fused-ring (bicyclic) bond motifs is 1. The molecule has 1 unspecified atom stereocenters. The second-order valence-electron chi connectivity index (χ2n) is 7.86. The molecule has 4 aromatic rings. The summed E-state index contributed by atoms with van der Waals surface area (Å²) in [4.78, 5) is 17.7. The Labute approximate surface area is 190 Å². The fraction of sp³-hybridized carbons (Fsp3) is 0.154. The lowest BCUT2D eigenvalue weighted by molar-refractivity contribution is -0.118. The van der Waals surface area contributed by atoms with Crippen molar-refractivity contribution in [1.29, 1.82) is 0 Å². The summed E-state index contributed by atoms with van der Waals surface area (Å²) < 4.78 is 7.79. The van der Waals surface area contributed by atoms with Crippen molar-refractivity contribution in [3.63, 3.8) is 0 Å². The van der Waals surface area contributed by atoms with Crippen molar-refractivity contribution in [3.8, 4) is 17.0 Å². The molecular formula is C26H23N3O2S. The van der Waals surface area contributed by atoms with Crippen LogP contribution < -0.4 is 14.9 Å². The summed E-state index contributed by atoms with van der Waals surface area (Å²) in [5.41, 5.74) is 6.04. The van der Waals surface area contributed by atoms with Crippen molar-refractivity contribution in [2.75, 3.05) is 11.9 Å². The molecule has 5 rings (SSSR count). The highest BCUT2D eigenvalue weighted by atomic mass is 32.1. The lowest BCUT2D eigenvalue weighted by Crippen LogP contribution is -2.25. The molecule has 5 nitrogen and oxygen atoms in total. The Morgan fingerprint density at radius 1 is 1.06 bits per heavy atom. The molecule has 1 amide bonds. The smallest absolute Gasteiger partial charge is 0.262 e. The Morgan fingerprint density at radius 2 is 1.91 bits per heavy atom. The lowest BCUT2D eigenvalue weighted by atomic mass is 10.1. The Balaban J connectivity index is 1.67. The summed E-state index contributed by atoms with van der Waals surface area (Å²) >= 11 is 1.61. The van der Waals surface area contributed by atoms with E-state index in [4.69, 9.17) is 9.73 Å². The summed E-state index contributed by atoms with van der Waals surface area (Å²) in [6.07, 6.45) is 0. The van der Waals surface area contributed by atoms with Crippen molar-refractivity contribution in [3.05, 3.63) is 94.1 Å². The summed E-state index contributed by atoms with van der Waals surface area (Å²) in [7, 11) is 0. The molecule has 0 aliphatic carbocycles. The minimum absolute atomic E-state index is 0.0510. The van der Waals surface area contributed by atoms with Gasteiger partial charge >= 0.3 is 0 Å². The number of aromatic nitrogens is 1. The third-order valence-electron chi connectivity index (χ3n) is 5.55. The number of rotatable bonds is 4. The molecule has 1 N–H and O–H groups in total. The van der Waals surface area contributed by atoms with Crippen LogP contribution in [0.15, 0.2) is 83.2 Å². The molecule has 160 valence electrons. The number of carbonyl (C=O) groups is 1. The van der Waals surface area contributed by atoms with Crippen LogP contribution in [0, 0.1) is 6.92 Å². The van der Waals surface area contributed by atoms with E-state index in [1.165, 1.54) is 11.1 Å². The molecular weight excluding hydrogens is 418 g/mol. The highest BCUT2D eigenvalue weighted by Gasteiger charge is 2.20. The van der Waals surface area contributed by atoms with Gasteiger partial charge in [-0.3, -0.25) is 4.79 Å². The van der Waals surface area contributed by atoms with Crippen molar-refractivity contribution < 1.29 is 9.53 Å². The van der Waals surface area contributed by atoms with Gasteiger partial charge < -0.3 is 14.6 Å². The van der Waals surface area contributed by atoms with Crippen LogP contribution >= 0.6 is 11.3 Å². The molecule has 0 saturated carbocycles. The van der Waals surface area contributed by atoms with Crippen LogP contribution in [0.4, 0.5) is 11.4 Å². The van der Waals surface area contributed by atoms with Crippen molar-refractivity contribution in [1.82, 2.24) is 4.57 Å². The van der Waals surface area contributed by atoms with Crippen LogP contribution in [0.25, 0.3) is 11.3 Å². The van der Waals surface area contributed by atoms with Crippen LogP contribution in [0.2, 0.25) is 0 Å². The van der Waals surface area contributed by atoms with Gasteiger partial charge in [-0.05, 0) is 55.3 Å². The molecule has 1 aliphatic heterocycles. The van der Waals surface area contributed by atoms with E-state index in [2.05, 4.69) is 65.5 Å². The van der Waals surface area contributed by atoms with E-state index in [1.54, 1.807) is 11.3 Å². The first kappa shape index (κ1) is 20.3. The Bertz CT molecular complexity index is 1360. The first-order chi connectivity index (χ1) is 15.6. The van der Waals surface area contributed by atoms with Gasteiger partial charge in [-0.2, -0.15) is 0 Å². The van der Waals surface area contributed by atoms with E-state index in [0.29, 0.717) is 11.4 Å². The van der Waals surface area contributed by atoms with Crippen molar-refractivity contribution in [2.45, 2.75) is 19.9 Å². The topological polar surface area (TPSA) is 55.6 Å². The highest BCUT2D eigenvalue weighted by molar-refractivity contribution is 7.07. The van der Waals surface area contributed by atoms with Gasteiger partial charge in [-0.15, -0.1) is 11.3 Å². The SMILES string of the molecule is Cc1cccc(N=c2scc(-c3ccc4c(c3)NC(=O)CO4)n2C(C)c2ccccc2)c1. The van der Waals surface area contributed by atoms with Crippen molar-refractivity contribution in [2.24, 2.45) is 4.99 Å². The zero-order valence-corrected chi connectivity index (χ0v) is 18.7. The average Bonchev–Trinajstić information content (AvgIpc) is 3.22. The minimum atomic E-state index is -0.138. The molecule has 0 spiro atoms. The maximum Gasteiger partial charge on any atom is 0.262 e. The normalized spacial score (nSPS) is 14.4. The highest BCUT2D eigenvalue weighted by Crippen LogP contribution is 2.34. The average molecular weight is 442 g/mol. The molecule has 0 fully saturated rings. The number of hydrogen-bond acceptors (Lipinski definition) is 4. The quantitative estimate of drug-likeness (QED) is 0.442. The zero-order valence-electron chi connectivity index (χ0n) is 17.9. The summed E-state index contributed by atoms with van der Waals surface area (Å²) in [5, 5.41) is 5.04. The predicted molar refractivity (Wildman–Crippen MR) is 129 cm³/mol. The molecule has 32 heavy (non-hydrogen) atoms. The van der Waals surface area contributed by atoms with Gasteiger partial charge in [-0.25, -0.2) is 4.99 Å². The Kier molecular flexibility index (Phi) is 5.37. The van der Waals surface area contributed by atoms with Crippen LogP contribution in [-0.2, 0) is 4.79 Å². The Morgan fingerprint density at radius 3 is 2.72 bits per heavy atom. The maximum absolute atomic E-state index is 11.8. The van der Waals surface area contributed by atoms with E-state index in [0.717, 1.165) is 21.7 Å². The molecule has 1 aliphatic rings. The lowest BCUT2D eigenvalue weighted by Gasteiger charge is -2.21. The van der Waals surface area contributed by atoms with Gasteiger partial charge in [0.25, 0.3) is 5.91 Å².